The maximum atomic E-state index is 7.12. The molecule has 0 fully saturated rings. The molecule has 59 heavy (non-hydrogen) atoms. The van der Waals surface area contributed by atoms with E-state index in [-0.39, 0.29) is 0 Å². The summed E-state index contributed by atoms with van der Waals surface area (Å²) < 4.78 is 20.1. The number of hydrogen-bond acceptors (Lipinski definition) is 4. The van der Waals surface area contributed by atoms with Gasteiger partial charge >= 0.3 is 0 Å². The molecule has 0 amide bonds. The molecule has 4 heteroatoms. The highest BCUT2D eigenvalue weighted by Crippen LogP contribution is 2.67. The first-order chi connectivity index (χ1) is 29.3. The number of fused-ring (bicyclic) bond motifs is 16. The molecule has 1 unspecified atom stereocenters. The lowest BCUT2D eigenvalue weighted by Gasteiger charge is -2.32. The van der Waals surface area contributed by atoms with Crippen LogP contribution in [0.3, 0.4) is 0 Å². The Hall–Kier alpha value is -7.56. The Labute approximate surface area is 341 Å². The second-order valence-corrected chi connectivity index (χ2v) is 15.8. The van der Waals surface area contributed by atoms with Gasteiger partial charge < -0.3 is 18.8 Å². The van der Waals surface area contributed by atoms with E-state index >= 15 is 0 Å². The molecule has 13 rings (SSSR count). The summed E-state index contributed by atoms with van der Waals surface area (Å²) in [6.07, 6.45) is 7.00. The van der Waals surface area contributed by atoms with Gasteiger partial charge in [0.2, 0.25) is 0 Å². The number of hydrogen-bond donors (Lipinski definition) is 0. The van der Waals surface area contributed by atoms with Crippen molar-refractivity contribution >= 4 is 44.6 Å². The van der Waals surface area contributed by atoms with E-state index in [1.165, 1.54) is 39.0 Å². The smallest absolute Gasteiger partial charge is 0.178 e. The zero-order chi connectivity index (χ0) is 38.7. The second-order valence-electron chi connectivity index (χ2n) is 15.8. The number of anilines is 3. The van der Waals surface area contributed by atoms with Gasteiger partial charge in [-0.2, -0.15) is 0 Å². The third kappa shape index (κ3) is 4.49. The van der Waals surface area contributed by atoms with Crippen molar-refractivity contribution in [3.63, 3.8) is 0 Å². The highest BCUT2D eigenvalue weighted by Gasteiger charge is 2.54. The lowest BCUT2D eigenvalue weighted by Crippen LogP contribution is -2.26. The summed E-state index contributed by atoms with van der Waals surface area (Å²) in [4.78, 5) is 2.27. The molecule has 4 nitrogen and oxygen atoms in total. The van der Waals surface area contributed by atoms with Crippen molar-refractivity contribution in [3.05, 3.63) is 216 Å². The first-order valence-corrected chi connectivity index (χ1v) is 20.4. The number of benzene rings is 8. The summed E-state index contributed by atoms with van der Waals surface area (Å²) in [5, 5.41) is 2.25. The van der Waals surface area contributed by atoms with Crippen molar-refractivity contribution in [2.45, 2.75) is 18.3 Å². The number of nitrogens with zero attached hydrogens (tertiary/aromatic N) is 1. The fourth-order valence-electron chi connectivity index (χ4n) is 10.4. The van der Waals surface area contributed by atoms with Crippen molar-refractivity contribution in [3.8, 4) is 45.3 Å². The van der Waals surface area contributed by atoms with Crippen LogP contribution >= 0.6 is 0 Å². The van der Waals surface area contributed by atoms with Gasteiger partial charge in [-0.1, -0.05) is 127 Å². The average molecular weight is 758 g/mol. The quantitative estimate of drug-likeness (QED) is 0.179. The molecule has 0 radical (unpaired) electrons. The summed E-state index contributed by atoms with van der Waals surface area (Å²) in [7, 11) is 0. The Balaban J connectivity index is 0.928. The standard InChI is InChI=1S/C55H35NO3/c1-2-13-35(14-3-1)56(36-27-25-34(26-28-36)38-19-12-24-49-52(38)42-18-7-11-23-47(42)57-49)37-29-31-48-51(33-37)59-54-50(58-48)32-30-46-53(54)41-17-6-10-22-45(41)55(46)43-20-8-4-15-39(43)40-16-5-9-21-44(40)55/h1-4,6-8,10-33H,5,9H2. The van der Waals surface area contributed by atoms with Crippen LogP contribution in [0.1, 0.15) is 35.1 Å². The molecule has 2 heterocycles. The Morgan fingerprint density at radius 3 is 2.02 bits per heavy atom. The van der Waals surface area contributed by atoms with E-state index in [1.807, 2.05) is 24.3 Å². The van der Waals surface area contributed by atoms with Gasteiger partial charge in [0.1, 0.15) is 11.2 Å². The van der Waals surface area contributed by atoms with Crippen molar-refractivity contribution in [2.24, 2.45) is 0 Å². The van der Waals surface area contributed by atoms with Crippen molar-refractivity contribution in [1.82, 2.24) is 0 Å². The summed E-state index contributed by atoms with van der Waals surface area (Å²) in [6, 6.07) is 62.3. The van der Waals surface area contributed by atoms with Crippen LogP contribution in [0.5, 0.6) is 23.0 Å². The third-order valence-corrected chi connectivity index (χ3v) is 12.8. The minimum atomic E-state index is -0.415. The summed E-state index contributed by atoms with van der Waals surface area (Å²) >= 11 is 0. The van der Waals surface area contributed by atoms with E-state index < -0.39 is 5.41 Å². The van der Waals surface area contributed by atoms with Crippen LogP contribution in [0.25, 0.3) is 49.8 Å². The summed E-state index contributed by atoms with van der Waals surface area (Å²) in [6.45, 7) is 0. The molecular weight excluding hydrogens is 723 g/mol. The number of ether oxygens (including phenoxy) is 2. The van der Waals surface area contributed by atoms with Gasteiger partial charge in [-0.05, 0) is 118 Å². The molecule has 0 saturated heterocycles. The van der Waals surface area contributed by atoms with Gasteiger partial charge in [0.25, 0.3) is 0 Å². The Morgan fingerprint density at radius 1 is 0.458 bits per heavy atom. The van der Waals surface area contributed by atoms with Crippen LogP contribution in [0.4, 0.5) is 17.1 Å². The van der Waals surface area contributed by atoms with E-state index in [4.69, 9.17) is 13.9 Å². The number of rotatable bonds is 4. The molecular formula is C55H35NO3. The van der Waals surface area contributed by atoms with Crippen LogP contribution in [0.2, 0.25) is 0 Å². The van der Waals surface area contributed by atoms with E-state index in [2.05, 4.69) is 169 Å². The largest absolute Gasteiger partial charge is 0.456 e. The minimum Gasteiger partial charge on any atom is -0.456 e. The monoisotopic (exact) mass is 757 g/mol. The Kier molecular flexibility index (Phi) is 6.74. The Bertz CT molecular complexity index is 3280. The summed E-state index contributed by atoms with van der Waals surface area (Å²) in [5.74, 6) is 2.87. The normalized spacial score (nSPS) is 16.5. The lowest BCUT2D eigenvalue weighted by atomic mass is 9.69. The molecule has 1 aromatic heterocycles. The molecule has 0 bridgehead atoms. The highest BCUT2D eigenvalue weighted by molar-refractivity contribution is 6.12. The fourth-order valence-corrected chi connectivity index (χ4v) is 10.4. The predicted molar refractivity (Wildman–Crippen MR) is 237 cm³/mol. The average Bonchev–Trinajstić information content (AvgIpc) is 3.93. The lowest BCUT2D eigenvalue weighted by molar-refractivity contribution is 0.360. The zero-order valence-electron chi connectivity index (χ0n) is 32.0. The maximum absolute atomic E-state index is 7.12. The van der Waals surface area contributed by atoms with Crippen LogP contribution in [-0.4, -0.2) is 0 Å². The highest BCUT2D eigenvalue weighted by atomic mass is 16.6. The maximum Gasteiger partial charge on any atom is 0.178 e. The first-order valence-electron chi connectivity index (χ1n) is 20.4. The molecule has 0 N–H and O–H groups in total. The van der Waals surface area contributed by atoms with Crippen LogP contribution in [-0.2, 0) is 5.41 Å². The second kappa shape index (κ2) is 12.2. The number of furan rings is 1. The van der Waals surface area contributed by atoms with Gasteiger partial charge in [0.15, 0.2) is 23.0 Å². The Morgan fingerprint density at radius 2 is 1.14 bits per heavy atom. The SMILES string of the molecule is C1=C2C(=CCC1)C1(c3ccccc32)c2ccccc2-c2c1ccc1c2Oc2cc(N(c3ccccc3)c3ccc(-c4cccc5oc6ccccc6c45)cc3)ccc2O1. The molecule has 1 aliphatic heterocycles. The number of allylic oxidation sites excluding steroid dienone is 4. The van der Waals surface area contributed by atoms with Crippen LogP contribution < -0.4 is 14.4 Å². The third-order valence-electron chi connectivity index (χ3n) is 12.8. The predicted octanol–water partition coefficient (Wildman–Crippen LogP) is 15.1. The molecule has 8 aromatic carbocycles. The van der Waals surface area contributed by atoms with Crippen LogP contribution in [0, 0.1) is 0 Å². The summed E-state index contributed by atoms with van der Waals surface area (Å²) in [5.41, 5.74) is 16.9. The zero-order valence-corrected chi connectivity index (χ0v) is 32.0. The molecule has 4 aliphatic rings. The van der Waals surface area contributed by atoms with Gasteiger partial charge in [-0.3, -0.25) is 0 Å². The van der Waals surface area contributed by atoms with E-state index in [9.17, 15) is 0 Å². The molecule has 1 atom stereocenters. The van der Waals surface area contributed by atoms with E-state index in [0.29, 0.717) is 11.5 Å². The van der Waals surface area contributed by atoms with Gasteiger partial charge in [-0.15, -0.1) is 0 Å². The van der Waals surface area contributed by atoms with Crippen molar-refractivity contribution in [1.29, 1.82) is 0 Å². The van der Waals surface area contributed by atoms with E-state index in [1.54, 1.807) is 0 Å². The fraction of sp³-hybridized carbons (Fsp3) is 0.0545. The van der Waals surface area contributed by atoms with Crippen molar-refractivity contribution < 1.29 is 13.9 Å². The van der Waals surface area contributed by atoms with E-state index in [0.717, 1.165) is 80.0 Å². The molecule has 3 aliphatic carbocycles. The topological polar surface area (TPSA) is 34.8 Å². The molecule has 278 valence electrons. The number of para-hydroxylation sites is 2. The van der Waals surface area contributed by atoms with Crippen molar-refractivity contribution in [2.75, 3.05) is 4.90 Å². The minimum absolute atomic E-state index is 0.415. The van der Waals surface area contributed by atoms with Gasteiger partial charge in [-0.25, -0.2) is 0 Å². The van der Waals surface area contributed by atoms with Crippen LogP contribution in [0.15, 0.2) is 198 Å². The molecule has 1 spiro atoms. The first kappa shape index (κ1) is 32.5. The van der Waals surface area contributed by atoms with Gasteiger partial charge in [0.05, 0.1) is 11.1 Å². The molecule has 0 saturated carbocycles. The van der Waals surface area contributed by atoms with Gasteiger partial charge in [0, 0.05) is 33.8 Å². The molecule has 9 aromatic rings.